The Morgan fingerprint density at radius 2 is 1.73 bits per heavy atom. The van der Waals surface area contributed by atoms with Crippen LogP contribution in [0.1, 0.15) is 0 Å². The maximum absolute atomic E-state index is 9.59. The Morgan fingerprint density at radius 3 is 2.58 bits per heavy atom. The lowest BCUT2D eigenvalue weighted by atomic mass is 10.1. The summed E-state index contributed by atoms with van der Waals surface area (Å²) in [6, 6.07) is 17.0. The van der Waals surface area contributed by atoms with E-state index in [1.54, 1.807) is 18.5 Å². The van der Waals surface area contributed by atoms with Gasteiger partial charge in [0, 0.05) is 24.2 Å². The Bertz CT molecular complexity index is 1250. The molecule has 0 saturated carbocycles. The molecular formula is C20H15N5O. The van der Waals surface area contributed by atoms with E-state index in [2.05, 4.69) is 4.98 Å². The molecule has 0 aliphatic heterocycles. The van der Waals surface area contributed by atoms with Crippen LogP contribution in [0, 0.1) is 0 Å². The smallest absolute Gasteiger partial charge is 0.238 e. The number of benzene rings is 2. The summed E-state index contributed by atoms with van der Waals surface area (Å²) < 4.78 is 3.87. The summed E-state index contributed by atoms with van der Waals surface area (Å²) in [5, 5.41) is 10.6. The second kappa shape index (κ2) is 5.42. The Morgan fingerprint density at radius 1 is 0.923 bits per heavy atom. The van der Waals surface area contributed by atoms with E-state index >= 15 is 0 Å². The first-order chi connectivity index (χ1) is 12.7. The fourth-order valence-corrected chi connectivity index (χ4v) is 3.19. The SMILES string of the molecule is Cn1ccc2c(-c3ccc(O)cc3)nc(-n3cnc4ccccc43)nc21. The molecule has 6 heteroatoms. The Labute approximate surface area is 149 Å². The number of nitrogens with zero attached hydrogens (tertiary/aromatic N) is 5. The molecule has 3 heterocycles. The summed E-state index contributed by atoms with van der Waals surface area (Å²) in [6.07, 6.45) is 3.72. The van der Waals surface area contributed by atoms with Gasteiger partial charge in [0.15, 0.2) is 0 Å². The van der Waals surface area contributed by atoms with Crippen molar-refractivity contribution < 1.29 is 5.11 Å². The number of fused-ring (bicyclic) bond motifs is 2. The maximum Gasteiger partial charge on any atom is 0.238 e. The maximum atomic E-state index is 9.59. The number of hydrogen-bond acceptors (Lipinski definition) is 4. The molecule has 0 fully saturated rings. The number of phenols is 1. The van der Waals surface area contributed by atoms with Crippen LogP contribution in [0.3, 0.4) is 0 Å². The van der Waals surface area contributed by atoms with Gasteiger partial charge in [-0.3, -0.25) is 4.57 Å². The van der Waals surface area contributed by atoms with Crippen molar-refractivity contribution in [2.45, 2.75) is 0 Å². The largest absolute Gasteiger partial charge is 0.508 e. The van der Waals surface area contributed by atoms with Gasteiger partial charge in [0.2, 0.25) is 5.95 Å². The zero-order chi connectivity index (χ0) is 17.7. The molecule has 0 radical (unpaired) electrons. The number of aryl methyl sites for hydroxylation is 1. The Hall–Kier alpha value is -3.67. The van der Waals surface area contributed by atoms with Gasteiger partial charge in [-0.15, -0.1) is 0 Å². The van der Waals surface area contributed by atoms with Crippen LogP contribution in [-0.4, -0.2) is 29.2 Å². The fourth-order valence-electron chi connectivity index (χ4n) is 3.19. The minimum atomic E-state index is 0.230. The molecule has 0 aliphatic carbocycles. The van der Waals surface area contributed by atoms with Crippen LogP contribution in [0.5, 0.6) is 5.75 Å². The minimum absolute atomic E-state index is 0.230. The normalized spacial score (nSPS) is 11.4. The van der Waals surface area contributed by atoms with E-state index < -0.39 is 0 Å². The molecule has 0 amide bonds. The van der Waals surface area contributed by atoms with Gasteiger partial charge < -0.3 is 9.67 Å². The molecule has 26 heavy (non-hydrogen) atoms. The van der Waals surface area contributed by atoms with E-state index in [1.807, 2.05) is 64.8 Å². The molecule has 0 saturated heterocycles. The first kappa shape index (κ1) is 14.7. The second-order valence-corrected chi connectivity index (χ2v) is 6.19. The van der Waals surface area contributed by atoms with E-state index in [0.29, 0.717) is 5.95 Å². The highest BCUT2D eigenvalue weighted by Crippen LogP contribution is 2.29. The summed E-state index contributed by atoms with van der Waals surface area (Å²) in [7, 11) is 1.96. The van der Waals surface area contributed by atoms with E-state index in [4.69, 9.17) is 9.97 Å². The highest BCUT2D eigenvalue weighted by atomic mass is 16.3. The topological polar surface area (TPSA) is 68.8 Å². The molecule has 2 aromatic carbocycles. The lowest BCUT2D eigenvalue weighted by molar-refractivity contribution is 0.475. The summed E-state index contributed by atoms with van der Waals surface area (Å²) >= 11 is 0. The fraction of sp³-hybridized carbons (Fsp3) is 0.0500. The number of phenolic OH excluding ortho intramolecular Hbond substituents is 1. The van der Waals surface area contributed by atoms with Gasteiger partial charge >= 0.3 is 0 Å². The number of para-hydroxylation sites is 2. The molecule has 0 atom stereocenters. The number of aromatic hydroxyl groups is 1. The van der Waals surface area contributed by atoms with Gasteiger partial charge in [0.1, 0.15) is 17.7 Å². The standard InChI is InChI=1S/C20H15N5O/c1-24-11-10-15-18(13-6-8-14(26)9-7-13)22-20(23-19(15)24)25-12-21-16-4-2-3-5-17(16)25/h2-12,26H,1H3. The molecule has 5 rings (SSSR count). The van der Waals surface area contributed by atoms with Gasteiger partial charge in [-0.1, -0.05) is 12.1 Å². The van der Waals surface area contributed by atoms with E-state index in [0.717, 1.165) is 33.3 Å². The Kier molecular flexibility index (Phi) is 3.05. The van der Waals surface area contributed by atoms with Crippen LogP contribution in [0.15, 0.2) is 67.1 Å². The minimum Gasteiger partial charge on any atom is -0.508 e. The lowest BCUT2D eigenvalue weighted by Crippen LogP contribution is -2.03. The van der Waals surface area contributed by atoms with Gasteiger partial charge in [-0.25, -0.2) is 9.97 Å². The van der Waals surface area contributed by atoms with Crippen LogP contribution in [-0.2, 0) is 7.05 Å². The summed E-state index contributed by atoms with van der Waals surface area (Å²) in [6.45, 7) is 0. The lowest BCUT2D eigenvalue weighted by Gasteiger charge is -2.09. The average molecular weight is 341 g/mol. The summed E-state index contributed by atoms with van der Waals surface area (Å²) in [5.41, 5.74) is 4.44. The third-order valence-electron chi connectivity index (χ3n) is 4.52. The molecule has 6 nitrogen and oxygen atoms in total. The predicted molar refractivity (Wildman–Crippen MR) is 100 cm³/mol. The number of imidazole rings is 1. The molecule has 5 aromatic rings. The number of rotatable bonds is 2. The zero-order valence-corrected chi connectivity index (χ0v) is 14.0. The van der Waals surface area contributed by atoms with Crippen molar-refractivity contribution in [1.82, 2.24) is 24.1 Å². The van der Waals surface area contributed by atoms with Crippen molar-refractivity contribution in [3.63, 3.8) is 0 Å². The monoisotopic (exact) mass is 341 g/mol. The van der Waals surface area contributed by atoms with Crippen molar-refractivity contribution in [2.75, 3.05) is 0 Å². The quantitative estimate of drug-likeness (QED) is 0.532. The van der Waals surface area contributed by atoms with Crippen molar-refractivity contribution in [2.24, 2.45) is 7.05 Å². The van der Waals surface area contributed by atoms with Crippen LogP contribution in [0.4, 0.5) is 0 Å². The molecule has 1 N–H and O–H groups in total. The third kappa shape index (κ3) is 2.16. The van der Waals surface area contributed by atoms with E-state index in [9.17, 15) is 5.11 Å². The number of hydrogen-bond donors (Lipinski definition) is 1. The molecule has 0 spiro atoms. The molecule has 0 aliphatic rings. The van der Waals surface area contributed by atoms with Crippen molar-refractivity contribution in [3.8, 4) is 23.0 Å². The number of aromatic nitrogens is 5. The Balaban J connectivity index is 1.81. The van der Waals surface area contributed by atoms with Gasteiger partial charge in [-0.05, 0) is 42.5 Å². The van der Waals surface area contributed by atoms with E-state index in [1.165, 1.54) is 0 Å². The van der Waals surface area contributed by atoms with Gasteiger partial charge in [0.25, 0.3) is 0 Å². The first-order valence-corrected chi connectivity index (χ1v) is 8.25. The highest BCUT2D eigenvalue weighted by molar-refractivity contribution is 5.92. The highest BCUT2D eigenvalue weighted by Gasteiger charge is 2.15. The molecule has 3 aromatic heterocycles. The average Bonchev–Trinajstić information content (AvgIpc) is 3.26. The van der Waals surface area contributed by atoms with Crippen LogP contribution >= 0.6 is 0 Å². The van der Waals surface area contributed by atoms with Gasteiger partial charge in [0.05, 0.1) is 16.7 Å². The van der Waals surface area contributed by atoms with Gasteiger partial charge in [-0.2, -0.15) is 4.98 Å². The zero-order valence-electron chi connectivity index (χ0n) is 14.0. The van der Waals surface area contributed by atoms with Crippen LogP contribution in [0.25, 0.3) is 39.3 Å². The summed E-state index contributed by atoms with van der Waals surface area (Å²) in [5.74, 6) is 0.795. The van der Waals surface area contributed by atoms with Crippen molar-refractivity contribution in [1.29, 1.82) is 0 Å². The summed E-state index contributed by atoms with van der Waals surface area (Å²) in [4.78, 5) is 14.0. The van der Waals surface area contributed by atoms with Crippen LogP contribution < -0.4 is 0 Å². The molecule has 0 unspecified atom stereocenters. The molecular weight excluding hydrogens is 326 g/mol. The molecule has 0 bridgehead atoms. The third-order valence-corrected chi connectivity index (χ3v) is 4.52. The first-order valence-electron chi connectivity index (χ1n) is 8.25. The predicted octanol–water partition coefficient (Wildman–Crippen LogP) is 3.68. The molecule has 126 valence electrons. The van der Waals surface area contributed by atoms with Crippen molar-refractivity contribution in [3.05, 3.63) is 67.1 Å². The van der Waals surface area contributed by atoms with E-state index in [-0.39, 0.29) is 5.75 Å². The van der Waals surface area contributed by atoms with Crippen molar-refractivity contribution >= 4 is 22.1 Å². The second-order valence-electron chi connectivity index (χ2n) is 6.19. The van der Waals surface area contributed by atoms with Crippen LogP contribution in [0.2, 0.25) is 0 Å².